The first-order chi connectivity index (χ1) is 8.40. The highest BCUT2D eigenvalue weighted by Crippen LogP contribution is 2.33. The van der Waals surface area contributed by atoms with Gasteiger partial charge in [-0.2, -0.15) is 0 Å². The van der Waals surface area contributed by atoms with Gasteiger partial charge in [-0.1, -0.05) is 18.2 Å². The standard InChI is InChI=1S/C14H13NO2/c16-8-3-6-13-14-11(7-9-17-13)10-4-1-2-5-12(10)15-14/h1-2,4-5,7,9,16H,3,6,8H2. The van der Waals surface area contributed by atoms with Gasteiger partial charge in [-0.25, -0.2) is 4.98 Å². The van der Waals surface area contributed by atoms with E-state index in [2.05, 4.69) is 11.1 Å². The van der Waals surface area contributed by atoms with Crippen LogP contribution in [0.25, 0.3) is 22.2 Å². The summed E-state index contributed by atoms with van der Waals surface area (Å²) in [6, 6.07) is 10.0. The zero-order valence-corrected chi connectivity index (χ0v) is 9.39. The Morgan fingerprint density at radius 3 is 2.94 bits per heavy atom. The molecule has 0 unspecified atom stereocenters. The van der Waals surface area contributed by atoms with Gasteiger partial charge >= 0.3 is 0 Å². The predicted octanol–water partition coefficient (Wildman–Crippen LogP) is 2.86. The Balaban J connectivity index is 2.18. The van der Waals surface area contributed by atoms with Gasteiger partial charge in [-0.05, 0) is 18.6 Å². The largest absolute Gasteiger partial charge is 0.467 e. The number of nitrogens with zero attached hydrogens (tertiary/aromatic N) is 1. The molecule has 2 heterocycles. The van der Waals surface area contributed by atoms with Crippen LogP contribution in [0.1, 0.15) is 12.2 Å². The first-order valence-corrected chi connectivity index (χ1v) is 5.76. The number of hydrogen-bond acceptors (Lipinski definition) is 3. The molecule has 0 amide bonds. The van der Waals surface area contributed by atoms with Gasteiger partial charge in [0.25, 0.3) is 0 Å². The third-order valence-corrected chi connectivity index (χ3v) is 2.95. The molecule has 2 aliphatic rings. The van der Waals surface area contributed by atoms with E-state index in [4.69, 9.17) is 9.52 Å². The molecule has 0 bridgehead atoms. The number of aliphatic hydroxyl groups is 1. The molecule has 1 aromatic carbocycles. The molecule has 0 radical (unpaired) electrons. The number of para-hydroxylation sites is 1. The normalized spacial score (nSPS) is 11.4. The van der Waals surface area contributed by atoms with Gasteiger partial charge in [-0.15, -0.1) is 0 Å². The van der Waals surface area contributed by atoms with Crippen molar-refractivity contribution in [3.05, 3.63) is 42.4 Å². The lowest BCUT2D eigenvalue weighted by molar-refractivity contribution is 0.284. The van der Waals surface area contributed by atoms with E-state index in [1.165, 1.54) is 0 Å². The van der Waals surface area contributed by atoms with E-state index in [9.17, 15) is 0 Å². The second-order valence-corrected chi connectivity index (χ2v) is 4.06. The number of hydrogen-bond donors (Lipinski definition) is 1. The Morgan fingerprint density at radius 2 is 2.06 bits per heavy atom. The Kier molecular flexibility index (Phi) is 2.53. The van der Waals surface area contributed by atoms with E-state index in [0.717, 1.165) is 34.3 Å². The monoisotopic (exact) mass is 227 g/mol. The molecular formula is C14H13NO2. The summed E-state index contributed by atoms with van der Waals surface area (Å²) >= 11 is 0. The van der Waals surface area contributed by atoms with Crippen molar-refractivity contribution in [2.45, 2.75) is 12.8 Å². The lowest BCUT2D eigenvalue weighted by Crippen LogP contribution is -1.93. The van der Waals surface area contributed by atoms with Gasteiger partial charge < -0.3 is 9.52 Å². The third-order valence-electron chi connectivity index (χ3n) is 2.95. The Hall–Kier alpha value is -1.87. The van der Waals surface area contributed by atoms with Crippen molar-refractivity contribution in [3.63, 3.8) is 0 Å². The molecule has 17 heavy (non-hydrogen) atoms. The van der Waals surface area contributed by atoms with Crippen LogP contribution in [-0.2, 0) is 6.42 Å². The summed E-state index contributed by atoms with van der Waals surface area (Å²) < 4.78 is 5.50. The minimum atomic E-state index is 0.173. The highest BCUT2D eigenvalue weighted by molar-refractivity contribution is 5.97. The molecule has 1 aromatic rings. The topological polar surface area (TPSA) is 46.3 Å². The molecule has 0 aromatic heterocycles. The summed E-state index contributed by atoms with van der Waals surface area (Å²) in [5, 5.41) is 10.0. The molecule has 3 heteroatoms. The highest BCUT2D eigenvalue weighted by Gasteiger charge is 2.16. The van der Waals surface area contributed by atoms with Gasteiger partial charge in [0.2, 0.25) is 0 Å². The van der Waals surface area contributed by atoms with Crippen molar-refractivity contribution in [1.82, 2.24) is 4.98 Å². The molecule has 3 nitrogen and oxygen atoms in total. The minimum Gasteiger partial charge on any atom is -0.467 e. The van der Waals surface area contributed by atoms with Crippen LogP contribution < -0.4 is 0 Å². The van der Waals surface area contributed by atoms with Crippen molar-refractivity contribution in [1.29, 1.82) is 0 Å². The summed E-state index contributed by atoms with van der Waals surface area (Å²) in [5.41, 5.74) is 3.04. The van der Waals surface area contributed by atoms with Crippen molar-refractivity contribution in [2.75, 3.05) is 6.61 Å². The van der Waals surface area contributed by atoms with Crippen LogP contribution in [0.4, 0.5) is 0 Å². The van der Waals surface area contributed by atoms with Crippen LogP contribution >= 0.6 is 0 Å². The van der Waals surface area contributed by atoms with Crippen LogP contribution in [0.3, 0.4) is 0 Å². The average molecular weight is 227 g/mol. The van der Waals surface area contributed by atoms with E-state index >= 15 is 0 Å². The summed E-state index contributed by atoms with van der Waals surface area (Å²) in [4.78, 5) is 4.59. The van der Waals surface area contributed by atoms with E-state index in [0.29, 0.717) is 6.42 Å². The summed E-state index contributed by atoms with van der Waals surface area (Å²) in [6.45, 7) is 0.173. The molecular weight excluding hydrogens is 214 g/mol. The van der Waals surface area contributed by atoms with Crippen LogP contribution in [0.2, 0.25) is 0 Å². The van der Waals surface area contributed by atoms with Crippen molar-refractivity contribution in [2.24, 2.45) is 0 Å². The van der Waals surface area contributed by atoms with Gasteiger partial charge in [0.1, 0.15) is 11.5 Å². The molecule has 0 spiro atoms. The van der Waals surface area contributed by atoms with E-state index in [1.54, 1.807) is 6.26 Å². The van der Waals surface area contributed by atoms with E-state index < -0.39 is 0 Å². The number of aryl methyl sites for hydroxylation is 1. The number of fused-ring (bicyclic) bond motifs is 3. The molecule has 0 saturated carbocycles. The quantitative estimate of drug-likeness (QED) is 0.748. The molecule has 1 N–H and O–H groups in total. The molecule has 2 aliphatic heterocycles. The van der Waals surface area contributed by atoms with Gasteiger partial charge in [0.15, 0.2) is 0 Å². The fraction of sp³-hybridized carbons (Fsp3) is 0.214. The van der Waals surface area contributed by atoms with Crippen molar-refractivity contribution >= 4 is 10.9 Å². The second kappa shape index (κ2) is 4.18. The highest BCUT2D eigenvalue weighted by atomic mass is 16.3. The fourth-order valence-corrected chi connectivity index (χ4v) is 2.15. The second-order valence-electron chi connectivity index (χ2n) is 4.06. The molecule has 0 atom stereocenters. The number of aromatic nitrogens is 1. The van der Waals surface area contributed by atoms with Crippen molar-refractivity contribution in [3.8, 4) is 11.3 Å². The van der Waals surface area contributed by atoms with Gasteiger partial charge in [0, 0.05) is 24.0 Å². The summed E-state index contributed by atoms with van der Waals surface area (Å²) in [5.74, 6) is 0.854. The van der Waals surface area contributed by atoms with Crippen molar-refractivity contribution < 1.29 is 9.52 Å². The predicted molar refractivity (Wildman–Crippen MR) is 66.0 cm³/mol. The maximum Gasteiger partial charge on any atom is 0.129 e. The summed E-state index contributed by atoms with van der Waals surface area (Å²) in [6.07, 6.45) is 3.12. The van der Waals surface area contributed by atoms with Gasteiger partial charge in [-0.3, -0.25) is 0 Å². The molecule has 0 aliphatic carbocycles. The SMILES string of the molecule is OCCCc1occc2c3ccccc3nc1-2. The molecule has 0 fully saturated rings. The zero-order valence-electron chi connectivity index (χ0n) is 9.39. The lowest BCUT2D eigenvalue weighted by Gasteiger charge is -2.04. The average Bonchev–Trinajstić information content (AvgIpc) is 2.75. The van der Waals surface area contributed by atoms with Crippen LogP contribution in [-0.4, -0.2) is 16.7 Å². The third kappa shape index (κ3) is 1.68. The Morgan fingerprint density at radius 1 is 1.18 bits per heavy atom. The number of aliphatic hydroxyl groups excluding tert-OH is 1. The molecule has 86 valence electrons. The maximum atomic E-state index is 8.88. The van der Waals surface area contributed by atoms with E-state index in [-0.39, 0.29) is 6.61 Å². The van der Waals surface area contributed by atoms with E-state index in [1.807, 2.05) is 24.3 Å². The smallest absolute Gasteiger partial charge is 0.129 e. The minimum absolute atomic E-state index is 0.173. The Bertz CT molecular complexity index is 615. The fourth-order valence-electron chi connectivity index (χ4n) is 2.15. The number of rotatable bonds is 3. The first-order valence-electron chi connectivity index (χ1n) is 5.76. The van der Waals surface area contributed by atoms with Crippen LogP contribution in [0.15, 0.2) is 41.0 Å². The molecule has 3 rings (SSSR count). The summed E-state index contributed by atoms with van der Waals surface area (Å²) in [7, 11) is 0. The van der Waals surface area contributed by atoms with Crippen LogP contribution in [0.5, 0.6) is 0 Å². The van der Waals surface area contributed by atoms with Crippen LogP contribution in [0, 0.1) is 0 Å². The Labute approximate surface area is 99.1 Å². The molecule has 0 saturated heterocycles. The number of benzene rings is 1. The first kappa shape index (κ1) is 10.3. The zero-order chi connectivity index (χ0) is 11.7. The lowest BCUT2D eigenvalue weighted by atomic mass is 10.1. The maximum absolute atomic E-state index is 8.88. The van der Waals surface area contributed by atoms with Gasteiger partial charge in [0.05, 0.1) is 11.8 Å².